The van der Waals surface area contributed by atoms with Crippen molar-refractivity contribution in [3.63, 3.8) is 0 Å². The Balaban J connectivity index is 3.05. The third kappa shape index (κ3) is 9.91. The van der Waals surface area contributed by atoms with Crippen LogP contribution in [0, 0.1) is 11.8 Å². The van der Waals surface area contributed by atoms with E-state index in [1.807, 2.05) is 13.8 Å². The Morgan fingerprint density at radius 1 is 1.02 bits per heavy atom. The van der Waals surface area contributed by atoms with Gasteiger partial charge in [-0.1, -0.05) is 27.2 Å². The minimum atomic E-state index is -0.831. The largest absolute Gasteiger partial charge is 0.468 e. The number of hydrogen-bond acceptors (Lipinski definition) is 9. The van der Waals surface area contributed by atoms with Crippen molar-refractivity contribution in [1.29, 1.82) is 0 Å². The van der Waals surface area contributed by atoms with Crippen molar-refractivity contribution in [3.8, 4) is 0 Å². The van der Waals surface area contributed by atoms with Crippen LogP contribution in [-0.4, -0.2) is 124 Å². The first-order chi connectivity index (χ1) is 19.7. The standard InChI is InChI=1S/C29H53N5O8/c1-11-18(2)25(33(7)23(36)16-32-28(39)29(4,5)30-6)21(40-8)15-22(35)34-14-12-13-20(34)26(42-10)19(3)27(38)31-17-24(37)41-9/h18-21,25-26,30H,11-17H2,1-10H3,(H,31,38)(H,32,39). The van der Waals surface area contributed by atoms with E-state index in [1.54, 1.807) is 44.7 Å². The Hall–Kier alpha value is -2.77. The van der Waals surface area contributed by atoms with Crippen LogP contribution in [0.15, 0.2) is 0 Å². The molecule has 1 aliphatic heterocycles. The molecule has 6 unspecified atom stereocenters. The highest BCUT2D eigenvalue weighted by molar-refractivity contribution is 5.89. The highest BCUT2D eigenvalue weighted by Crippen LogP contribution is 2.29. The summed E-state index contributed by atoms with van der Waals surface area (Å²) in [5.41, 5.74) is -0.831. The van der Waals surface area contributed by atoms with Gasteiger partial charge < -0.3 is 40.0 Å². The molecular formula is C29H53N5O8. The number of likely N-dealkylation sites (N-methyl/N-ethyl adjacent to an activating group) is 2. The number of hydrogen-bond donors (Lipinski definition) is 3. The van der Waals surface area contributed by atoms with Gasteiger partial charge in [0.25, 0.3) is 0 Å². The Kier molecular flexibility index (Phi) is 15.4. The third-order valence-electron chi connectivity index (χ3n) is 8.53. The lowest BCUT2D eigenvalue weighted by Crippen LogP contribution is -2.56. The number of carbonyl (C=O) groups is 5. The van der Waals surface area contributed by atoms with E-state index >= 15 is 0 Å². The summed E-state index contributed by atoms with van der Waals surface area (Å²) in [7, 11) is 7.61. The molecule has 3 N–H and O–H groups in total. The molecule has 242 valence electrons. The number of rotatable bonds is 17. The second-order valence-corrected chi connectivity index (χ2v) is 11.5. The van der Waals surface area contributed by atoms with Gasteiger partial charge in [-0.3, -0.25) is 24.0 Å². The monoisotopic (exact) mass is 599 g/mol. The molecule has 1 saturated heterocycles. The topological polar surface area (TPSA) is 156 Å². The zero-order valence-corrected chi connectivity index (χ0v) is 27.1. The van der Waals surface area contributed by atoms with Gasteiger partial charge in [0.05, 0.1) is 55.8 Å². The summed E-state index contributed by atoms with van der Waals surface area (Å²) >= 11 is 0. The van der Waals surface area contributed by atoms with Crippen LogP contribution in [0.2, 0.25) is 0 Å². The van der Waals surface area contributed by atoms with E-state index in [1.165, 1.54) is 21.3 Å². The van der Waals surface area contributed by atoms with E-state index in [4.69, 9.17) is 9.47 Å². The van der Waals surface area contributed by atoms with Crippen molar-refractivity contribution in [2.75, 3.05) is 55.1 Å². The minimum Gasteiger partial charge on any atom is -0.468 e. The van der Waals surface area contributed by atoms with Crippen molar-refractivity contribution < 1.29 is 38.2 Å². The Morgan fingerprint density at radius 3 is 2.19 bits per heavy atom. The molecule has 4 amide bonds. The SMILES string of the molecule is CCC(C)C(C(CC(=O)N1CCCC1C(OC)C(C)C(=O)NCC(=O)OC)OC)N(C)C(=O)CNC(=O)C(C)(C)NC. The Labute approximate surface area is 250 Å². The van der Waals surface area contributed by atoms with E-state index in [2.05, 4.69) is 20.7 Å². The van der Waals surface area contributed by atoms with Crippen molar-refractivity contribution in [1.82, 2.24) is 25.8 Å². The zero-order chi connectivity index (χ0) is 32.2. The molecule has 0 radical (unpaired) electrons. The van der Waals surface area contributed by atoms with E-state index < -0.39 is 35.7 Å². The van der Waals surface area contributed by atoms with Gasteiger partial charge >= 0.3 is 5.97 Å². The smallest absolute Gasteiger partial charge is 0.325 e. The van der Waals surface area contributed by atoms with Gasteiger partial charge in [0.1, 0.15) is 6.54 Å². The maximum absolute atomic E-state index is 13.7. The molecule has 1 fully saturated rings. The molecule has 13 nitrogen and oxygen atoms in total. The molecular weight excluding hydrogens is 546 g/mol. The quantitative estimate of drug-likeness (QED) is 0.200. The maximum atomic E-state index is 13.7. The number of esters is 1. The lowest BCUT2D eigenvalue weighted by atomic mass is 9.90. The first-order valence-electron chi connectivity index (χ1n) is 14.6. The van der Waals surface area contributed by atoms with E-state index in [0.717, 1.165) is 12.8 Å². The lowest BCUT2D eigenvalue weighted by molar-refractivity contribution is -0.146. The molecule has 0 spiro atoms. The maximum Gasteiger partial charge on any atom is 0.325 e. The summed E-state index contributed by atoms with van der Waals surface area (Å²) in [6.07, 6.45) is 0.986. The lowest BCUT2D eigenvalue weighted by Gasteiger charge is -2.39. The van der Waals surface area contributed by atoms with Crippen molar-refractivity contribution in [3.05, 3.63) is 0 Å². The fraction of sp³-hybridized carbons (Fsp3) is 0.828. The van der Waals surface area contributed by atoms with Gasteiger partial charge in [-0.15, -0.1) is 0 Å². The van der Waals surface area contributed by atoms with E-state index in [-0.39, 0.29) is 55.1 Å². The van der Waals surface area contributed by atoms with Crippen LogP contribution in [0.4, 0.5) is 0 Å². The summed E-state index contributed by atoms with van der Waals surface area (Å²) in [6.45, 7) is 9.23. The van der Waals surface area contributed by atoms with Crippen LogP contribution in [0.5, 0.6) is 0 Å². The molecule has 13 heteroatoms. The molecule has 0 aromatic carbocycles. The summed E-state index contributed by atoms with van der Waals surface area (Å²) in [4.78, 5) is 66.9. The van der Waals surface area contributed by atoms with Crippen molar-refractivity contribution in [2.45, 2.75) is 90.1 Å². The number of ether oxygens (including phenoxy) is 3. The summed E-state index contributed by atoms with van der Waals surface area (Å²) in [5, 5.41) is 8.16. The fourth-order valence-electron chi connectivity index (χ4n) is 5.33. The van der Waals surface area contributed by atoms with Crippen LogP contribution < -0.4 is 16.0 Å². The van der Waals surface area contributed by atoms with Crippen LogP contribution in [0.1, 0.15) is 60.3 Å². The van der Waals surface area contributed by atoms with E-state index in [0.29, 0.717) is 13.0 Å². The number of carbonyl (C=O) groups excluding carboxylic acids is 5. The molecule has 0 bridgehead atoms. The van der Waals surface area contributed by atoms with E-state index in [9.17, 15) is 24.0 Å². The predicted octanol–water partition coefficient (Wildman–Crippen LogP) is 0.310. The number of amides is 4. The van der Waals surface area contributed by atoms with Crippen molar-refractivity contribution >= 4 is 29.6 Å². The third-order valence-corrected chi connectivity index (χ3v) is 8.53. The second-order valence-electron chi connectivity index (χ2n) is 11.5. The average molecular weight is 600 g/mol. The molecule has 0 aliphatic carbocycles. The fourth-order valence-corrected chi connectivity index (χ4v) is 5.33. The van der Waals surface area contributed by atoms with Crippen molar-refractivity contribution in [2.24, 2.45) is 11.8 Å². The van der Waals surface area contributed by atoms with Gasteiger partial charge in [-0.2, -0.15) is 0 Å². The van der Waals surface area contributed by atoms with Crippen LogP contribution >= 0.6 is 0 Å². The Bertz CT molecular complexity index is 930. The highest BCUT2D eigenvalue weighted by atomic mass is 16.5. The first kappa shape index (κ1) is 37.3. The van der Waals surface area contributed by atoms with Gasteiger partial charge in [-0.05, 0) is 39.7 Å². The molecule has 6 atom stereocenters. The molecule has 1 aliphatic rings. The second kappa shape index (κ2) is 17.4. The number of nitrogens with one attached hydrogen (secondary N) is 3. The molecule has 0 saturated carbocycles. The van der Waals surface area contributed by atoms with Gasteiger partial charge in [-0.25, -0.2) is 0 Å². The number of likely N-dealkylation sites (tertiary alicyclic amines) is 1. The van der Waals surface area contributed by atoms with Crippen LogP contribution in [0.3, 0.4) is 0 Å². The molecule has 0 aromatic heterocycles. The number of methoxy groups -OCH3 is 3. The molecule has 1 heterocycles. The predicted molar refractivity (Wildman–Crippen MR) is 157 cm³/mol. The minimum absolute atomic E-state index is 0.000721. The zero-order valence-electron chi connectivity index (χ0n) is 27.1. The van der Waals surface area contributed by atoms with Gasteiger partial charge in [0.15, 0.2) is 0 Å². The van der Waals surface area contributed by atoms with Crippen LogP contribution in [-0.2, 0) is 38.2 Å². The summed E-state index contributed by atoms with van der Waals surface area (Å²) in [5.74, 6) is -2.31. The molecule has 0 aromatic rings. The summed E-state index contributed by atoms with van der Waals surface area (Å²) < 4.78 is 16.1. The summed E-state index contributed by atoms with van der Waals surface area (Å²) in [6, 6.07) is -0.765. The van der Waals surface area contributed by atoms with Gasteiger partial charge in [0.2, 0.25) is 23.6 Å². The highest BCUT2D eigenvalue weighted by Gasteiger charge is 2.42. The molecule has 42 heavy (non-hydrogen) atoms. The molecule has 1 rings (SSSR count). The first-order valence-corrected chi connectivity index (χ1v) is 14.6. The van der Waals surface area contributed by atoms with Crippen LogP contribution in [0.25, 0.3) is 0 Å². The average Bonchev–Trinajstić information content (AvgIpc) is 3.47. The normalized spacial score (nSPS) is 18.8. The number of nitrogens with zero attached hydrogens (tertiary/aromatic N) is 2. The Morgan fingerprint density at radius 2 is 1.67 bits per heavy atom. The van der Waals surface area contributed by atoms with Gasteiger partial charge in [0, 0.05) is 27.8 Å².